The van der Waals surface area contributed by atoms with Crippen molar-refractivity contribution in [2.24, 2.45) is 16.2 Å². The molecular weight excluding hydrogens is 528 g/mol. The lowest BCUT2D eigenvalue weighted by atomic mass is 9.66. The Morgan fingerprint density at radius 3 is 1.65 bits per heavy atom. The summed E-state index contributed by atoms with van der Waals surface area (Å²) in [5.74, 6) is 0. The van der Waals surface area contributed by atoms with Crippen molar-refractivity contribution in [3.8, 4) is 0 Å². The molecule has 2 rings (SSSR count). The summed E-state index contributed by atoms with van der Waals surface area (Å²) in [5.41, 5.74) is 6.74. The number of hydrogen-bond acceptors (Lipinski definition) is 3. The SMILES string of the molecule is CC1=C(/C=C/C(C)=C/C=C/C(C)=C/C=C/C=C(C)/C=C/C=C(C)/C=C/[C@H](O)[C@]2(C)C[C@H](O)CC2(C)C)C(C)(C)C[C@H](O)C1. The van der Waals surface area contributed by atoms with Crippen molar-refractivity contribution in [3.63, 3.8) is 0 Å². The summed E-state index contributed by atoms with van der Waals surface area (Å²) in [6, 6.07) is 0. The van der Waals surface area contributed by atoms with Crippen LogP contribution in [0.3, 0.4) is 0 Å². The standard InChI is InChI=1S/C40H58O3/c1-29(17-13-19-31(3)21-23-36-33(5)25-34(41)26-38(36,6)7)15-11-12-16-30(2)18-14-20-32(4)22-24-37(43)40(10)28-35(42)27-39(40,8)9/h11-24,34-35,37,41-43H,25-28H2,1-10H3/b12-11+,17-13+,18-14+,23-21+,24-22+,29-15+,30-16+,31-19+,32-20+/t34-,35-,37+,40+/m1/s1. The second kappa shape index (κ2) is 15.8. The first kappa shape index (κ1) is 36.5. The minimum atomic E-state index is -0.598. The average Bonchev–Trinajstić information content (AvgIpc) is 3.10. The van der Waals surface area contributed by atoms with Crippen LogP contribution in [0.2, 0.25) is 0 Å². The highest BCUT2D eigenvalue weighted by atomic mass is 16.3. The first-order valence-corrected chi connectivity index (χ1v) is 15.8. The molecular formula is C40H58O3. The molecule has 1 saturated carbocycles. The third kappa shape index (κ3) is 11.1. The van der Waals surface area contributed by atoms with Crippen LogP contribution >= 0.6 is 0 Å². The Morgan fingerprint density at radius 1 is 0.674 bits per heavy atom. The van der Waals surface area contributed by atoms with Crippen molar-refractivity contribution >= 4 is 0 Å². The van der Waals surface area contributed by atoms with Gasteiger partial charge in [0, 0.05) is 5.41 Å². The van der Waals surface area contributed by atoms with Gasteiger partial charge in [-0.15, -0.1) is 0 Å². The third-order valence-corrected chi connectivity index (χ3v) is 9.40. The Morgan fingerprint density at radius 2 is 1.16 bits per heavy atom. The van der Waals surface area contributed by atoms with Gasteiger partial charge < -0.3 is 15.3 Å². The molecule has 2 aliphatic rings. The van der Waals surface area contributed by atoms with Gasteiger partial charge in [0.15, 0.2) is 0 Å². The molecule has 4 atom stereocenters. The first-order valence-electron chi connectivity index (χ1n) is 15.8. The highest BCUT2D eigenvalue weighted by Gasteiger charge is 2.52. The quantitative estimate of drug-likeness (QED) is 0.211. The molecule has 2 aliphatic carbocycles. The molecule has 0 spiro atoms. The Labute approximate surface area is 262 Å². The summed E-state index contributed by atoms with van der Waals surface area (Å²) in [4.78, 5) is 0. The molecule has 0 aromatic rings. The zero-order valence-corrected chi connectivity index (χ0v) is 28.5. The van der Waals surface area contributed by atoms with Crippen LogP contribution in [-0.2, 0) is 0 Å². The summed E-state index contributed by atoms with van der Waals surface area (Å²) in [6.45, 7) is 21.2. The van der Waals surface area contributed by atoms with Gasteiger partial charge in [-0.25, -0.2) is 0 Å². The molecule has 3 heteroatoms. The fourth-order valence-electron chi connectivity index (χ4n) is 6.37. The van der Waals surface area contributed by atoms with Crippen LogP contribution in [0.1, 0.15) is 94.9 Å². The van der Waals surface area contributed by atoms with Crippen molar-refractivity contribution in [1.82, 2.24) is 0 Å². The van der Waals surface area contributed by atoms with E-state index < -0.39 is 6.10 Å². The molecule has 236 valence electrons. The minimum absolute atomic E-state index is 0.00246. The monoisotopic (exact) mass is 586 g/mol. The van der Waals surface area contributed by atoms with Crippen molar-refractivity contribution < 1.29 is 15.3 Å². The van der Waals surface area contributed by atoms with Crippen LogP contribution < -0.4 is 0 Å². The topological polar surface area (TPSA) is 60.7 Å². The molecule has 0 aromatic heterocycles. The lowest BCUT2D eigenvalue weighted by Gasteiger charge is -2.40. The van der Waals surface area contributed by atoms with E-state index in [2.05, 4.69) is 117 Å². The first-order chi connectivity index (χ1) is 20.0. The second-order valence-electron chi connectivity index (χ2n) is 14.4. The summed E-state index contributed by atoms with van der Waals surface area (Å²) in [7, 11) is 0. The van der Waals surface area contributed by atoms with E-state index in [-0.39, 0.29) is 28.5 Å². The van der Waals surface area contributed by atoms with E-state index in [1.807, 2.05) is 37.3 Å². The van der Waals surface area contributed by atoms with Crippen LogP contribution in [0, 0.1) is 16.2 Å². The summed E-state index contributed by atoms with van der Waals surface area (Å²) < 4.78 is 0. The van der Waals surface area contributed by atoms with Gasteiger partial charge in [-0.05, 0) is 76.7 Å². The molecule has 0 aromatic carbocycles. The van der Waals surface area contributed by atoms with E-state index in [1.165, 1.54) is 22.3 Å². The zero-order valence-electron chi connectivity index (χ0n) is 28.5. The normalized spacial score (nSPS) is 28.6. The number of rotatable bonds is 11. The molecule has 0 radical (unpaired) electrons. The highest BCUT2D eigenvalue weighted by molar-refractivity contribution is 5.38. The smallest absolute Gasteiger partial charge is 0.0783 e. The van der Waals surface area contributed by atoms with Gasteiger partial charge in [0.25, 0.3) is 0 Å². The van der Waals surface area contributed by atoms with E-state index in [1.54, 1.807) is 0 Å². The van der Waals surface area contributed by atoms with Crippen LogP contribution in [0.4, 0.5) is 0 Å². The number of hydrogen-bond donors (Lipinski definition) is 3. The molecule has 43 heavy (non-hydrogen) atoms. The molecule has 0 aliphatic heterocycles. The largest absolute Gasteiger partial charge is 0.393 e. The van der Waals surface area contributed by atoms with Gasteiger partial charge in [0.05, 0.1) is 18.3 Å². The van der Waals surface area contributed by atoms with E-state index in [4.69, 9.17) is 0 Å². The van der Waals surface area contributed by atoms with Gasteiger partial charge in [-0.1, -0.05) is 148 Å². The van der Waals surface area contributed by atoms with E-state index >= 15 is 0 Å². The van der Waals surface area contributed by atoms with Gasteiger partial charge in [-0.3, -0.25) is 0 Å². The van der Waals surface area contributed by atoms with Crippen LogP contribution in [0.25, 0.3) is 0 Å². The number of allylic oxidation sites excluding steroid dienone is 18. The summed E-state index contributed by atoms with van der Waals surface area (Å²) in [5, 5.41) is 31.1. The van der Waals surface area contributed by atoms with Crippen LogP contribution in [0.15, 0.2) is 119 Å². The van der Waals surface area contributed by atoms with Crippen LogP contribution in [-0.4, -0.2) is 33.6 Å². The Hall–Kier alpha value is -2.72. The second-order valence-corrected chi connectivity index (χ2v) is 14.4. The third-order valence-electron chi connectivity index (χ3n) is 9.40. The lowest BCUT2D eigenvalue weighted by molar-refractivity contribution is -0.000365. The summed E-state index contributed by atoms with van der Waals surface area (Å²) in [6.07, 6.45) is 30.7. The molecule has 0 bridgehead atoms. The fraction of sp³-hybridized carbons (Fsp3) is 0.500. The Kier molecular flexibility index (Phi) is 13.4. The van der Waals surface area contributed by atoms with Gasteiger partial charge in [0.2, 0.25) is 0 Å². The van der Waals surface area contributed by atoms with Crippen molar-refractivity contribution in [3.05, 3.63) is 119 Å². The Bertz CT molecular complexity index is 1270. The zero-order chi connectivity index (χ0) is 32.4. The molecule has 0 saturated heterocycles. The van der Waals surface area contributed by atoms with Gasteiger partial charge in [-0.2, -0.15) is 0 Å². The average molecular weight is 587 g/mol. The molecule has 1 fully saturated rings. The maximum Gasteiger partial charge on any atom is 0.0783 e. The van der Waals surface area contributed by atoms with Crippen molar-refractivity contribution in [1.29, 1.82) is 0 Å². The molecule has 0 heterocycles. The number of aliphatic hydroxyl groups is 3. The van der Waals surface area contributed by atoms with Gasteiger partial charge in [0.1, 0.15) is 0 Å². The predicted octanol–water partition coefficient (Wildman–Crippen LogP) is 9.60. The maximum absolute atomic E-state index is 10.9. The number of aliphatic hydroxyl groups excluding tert-OH is 3. The predicted molar refractivity (Wildman–Crippen MR) is 186 cm³/mol. The van der Waals surface area contributed by atoms with Gasteiger partial charge >= 0.3 is 0 Å². The van der Waals surface area contributed by atoms with E-state index in [0.29, 0.717) is 6.42 Å². The molecule has 0 unspecified atom stereocenters. The molecule has 0 amide bonds. The Balaban J connectivity index is 1.88. The molecule has 3 N–H and O–H groups in total. The highest BCUT2D eigenvalue weighted by Crippen LogP contribution is 2.54. The maximum atomic E-state index is 10.9. The summed E-state index contributed by atoms with van der Waals surface area (Å²) >= 11 is 0. The lowest BCUT2D eigenvalue weighted by Crippen LogP contribution is -2.39. The molecule has 3 nitrogen and oxygen atoms in total. The van der Waals surface area contributed by atoms with Crippen LogP contribution in [0.5, 0.6) is 0 Å². The fourth-order valence-corrected chi connectivity index (χ4v) is 6.37. The minimum Gasteiger partial charge on any atom is -0.393 e. The van der Waals surface area contributed by atoms with E-state index in [0.717, 1.165) is 30.4 Å². The van der Waals surface area contributed by atoms with Crippen molar-refractivity contribution in [2.45, 2.75) is 113 Å². The van der Waals surface area contributed by atoms with E-state index in [9.17, 15) is 15.3 Å². The van der Waals surface area contributed by atoms with Crippen molar-refractivity contribution in [2.75, 3.05) is 0 Å².